The molecule has 0 aromatic heterocycles. The molecule has 122 valence electrons. The van der Waals surface area contributed by atoms with E-state index in [4.69, 9.17) is 14.2 Å². The number of rotatable bonds is 7. The highest BCUT2D eigenvalue weighted by molar-refractivity contribution is 5.79. The quantitative estimate of drug-likeness (QED) is 0.853. The van der Waals surface area contributed by atoms with Gasteiger partial charge in [0.25, 0.3) is 0 Å². The molecule has 0 heterocycles. The molecule has 0 saturated heterocycles. The maximum atomic E-state index is 12.1. The van der Waals surface area contributed by atoms with Crippen LogP contribution in [0.5, 0.6) is 17.2 Å². The van der Waals surface area contributed by atoms with Crippen molar-refractivity contribution in [2.75, 3.05) is 21.3 Å². The smallest absolute Gasteiger partial charge is 0.224 e. The fourth-order valence-electron chi connectivity index (χ4n) is 2.18. The van der Waals surface area contributed by atoms with Gasteiger partial charge in [-0.1, -0.05) is 18.2 Å². The highest BCUT2D eigenvalue weighted by Gasteiger charge is 2.10. The van der Waals surface area contributed by atoms with Crippen molar-refractivity contribution in [2.24, 2.45) is 0 Å². The van der Waals surface area contributed by atoms with Crippen LogP contribution in [0.2, 0.25) is 0 Å². The van der Waals surface area contributed by atoms with Gasteiger partial charge in [0.2, 0.25) is 5.91 Å². The SMILES string of the molecule is COc1ccc(CNC(=O)Cc2ccc(OC)cc2OC)cc1. The number of methoxy groups -OCH3 is 3. The number of amides is 1. The van der Waals surface area contributed by atoms with Crippen LogP contribution in [-0.4, -0.2) is 27.2 Å². The summed E-state index contributed by atoms with van der Waals surface area (Å²) in [7, 11) is 4.79. The van der Waals surface area contributed by atoms with Gasteiger partial charge < -0.3 is 19.5 Å². The molecule has 1 N–H and O–H groups in total. The monoisotopic (exact) mass is 315 g/mol. The van der Waals surface area contributed by atoms with Crippen LogP contribution >= 0.6 is 0 Å². The van der Waals surface area contributed by atoms with E-state index in [1.165, 1.54) is 0 Å². The summed E-state index contributed by atoms with van der Waals surface area (Å²) in [5.74, 6) is 2.07. The summed E-state index contributed by atoms with van der Waals surface area (Å²) < 4.78 is 15.6. The Hall–Kier alpha value is -2.69. The minimum Gasteiger partial charge on any atom is -0.497 e. The maximum Gasteiger partial charge on any atom is 0.224 e. The van der Waals surface area contributed by atoms with E-state index in [0.717, 1.165) is 16.9 Å². The van der Waals surface area contributed by atoms with Gasteiger partial charge in [0, 0.05) is 18.2 Å². The molecule has 0 atom stereocenters. The number of carbonyl (C=O) groups is 1. The number of hydrogen-bond donors (Lipinski definition) is 1. The van der Waals surface area contributed by atoms with E-state index in [9.17, 15) is 4.79 Å². The molecule has 0 saturated carbocycles. The average molecular weight is 315 g/mol. The Kier molecular flexibility index (Phi) is 5.86. The zero-order valence-corrected chi connectivity index (χ0v) is 13.6. The van der Waals surface area contributed by atoms with Crippen molar-refractivity contribution in [3.8, 4) is 17.2 Å². The molecule has 0 aliphatic heterocycles. The molecule has 2 aromatic rings. The Morgan fingerprint density at radius 3 is 2.17 bits per heavy atom. The average Bonchev–Trinajstić information content (AvgIpc) is 2.60. The molecule has 0 aliphatic carbocycles. The Bertz CT molecular complexity index is 653. The predicted molar refractivity (Wildman–Crippen MR) is 88.1 cm³/mol. The van der Waals surface area contributed by atoms with Crippen LogP contribution in [-0.2, 0) is 17.8 Å². The largest absolute Gasteiger partial charge is 0.497 e. The second-order valence-corrected chi connectivity index (χ2v) is 4.98. The van der Waals surface area contributed by atoms with Gasteiger partial charge in [-0.15, -0.1) is 0 Å². The molecule has 5 heteroatoms. The van der Waals surface area contributed by atoms with Crippen molar-refractivity contribution in [3.05, 3.63) is 53.6 Å². The third-order valence-corrected chi connectivity index (χ3v) is 3.49. The molecular formula is C18H21NO4. The minimum absolute atomic E-state index is 0.0655. The van der Waals surface area contributed by atoms with Gasteiger partial charge >= 0.3 is 0 Å². The first kappa shape index (κ1) is 16.7. The lowest BCUT2D eigenvalue weighted by Crippen LogP contribution is -2.24. The highest BCUT2D eigenvalue weighted by atomic mass is 16.5. The fourth-order valence-corrected chi connectivity index (χ4v) is 2.18. The standard InChI is InChI=1S/C18H21NO4/c1-21-15-7-4-13(5-8-15)12-19-18(20)10-14-6-9-16(22-2)11-17(14)23-3/h4-9,11H,10,12H2,1-3H3,(H,19,20). The number of ether oxygens (including phenoxy) is 3. The Morgan fingerprint density at radius 1 is 0.913 bits per heavy atom. The lowest BCUT2D eigenvalue weighted by atomic mass is 10.1. The van der Waals surface area contributed by atoms with Gasteiger partial charge in [-0.2, -0.15) is 0 Å². The van der Waals surface area contributed by atoms with E-state index in [0.29, 0.717) is 18.0 Å². The number of carbonyl (C=O) groups excluding carboxylic acids is 1. The van der Waals surface area contributed by atoms with Crippen LogP contribution < -0.4 is 19.5 Å². The summed E-state index contributed by atoms with van der Waals surface area (Å²) in [4.78, 5) is 12.1. The third kappa shape index (κ3) is 4.64. The van der Waals surface area contributed by atoms with E-state index < -0.39 is 0 Å². The van der Waals surface area contributed by atoms with Crippen molar-refractivity contribution in [1.82, 2.24) is 5.32 Å². The zero-order valence-electron chi connectivity index (χ0n) is 13.6. The number of benzene rings is 2. The second-order valence-electron chi connectivity index (χ2n) is 4.98. The third-order valence-electron chi connectivity index (χ3n) is 3.49. The normalized spacial score (nSPS) is 10.0. The topological polar surface area (TPSA) is 56.8 Å². The van der Waals surface area contributed by atoms with Crippen molar-refractivity contribution in [2.45, 2.75) is 13.0 Å². The molecule has 0 unspecified atom stereocenters. The van der Waals surface area contributed by atoms with Gasteiger partial charge in [-0.05, 0) is 23.8 Å². The van der Waals surface area contributed by atoms with E-state index in [2.05, 4.69) is 5.32 Å². The highest BCUT2D eigenvalue weighted by Crippen LogP contribution is 2.24. The predicted octanol–water partition coefficient (Wildman–Crippen LogP) is 2.57. The molecule has 0 spiro atoms. The van der Waals surface area contributed by atoms with Gasteiger partial charge in [0.1, 0.15) is 17.2 Å². The summed E-state index contributed by atoms with van der Waals surface area (Å²) in [6, 6.07) is 13.0. The Morgan fingerprint density at radius 2 is 1.57 bits per heavy atom. The van der Waals surface area contributed by atoms with E-state index in [-0.39, 0.29) is 12.3 Å². The maximum absolute atomic E-state index is 12.1. The van der Waals surface area contributed by atoms with Gasteiger partial charge in [-0.3, -0.25) is 4.79 Å². The molecular weight excluding hydrogens is 294 g/mol. The first-order valence-corrected chi connectivity index (χ1v) is 7.26. The first-order chi connectivity index (χ1) is 11.2. The minimum atomic E-state index is -0.0655. The number of nitrogens with one attached hydrogen (secondary N) is 1. The summed E-state index contributed by atoms with van der Waals surface area (Å²) in [5.41, 5.74) is 1.83. The first-order valence-electron chi connectivity index (χ1n) is 7.26. The molecule has 0 aliphatic rings. The Labute approximate surface area is 136 Å². The Balaban J connectivity index is 1.93. The summed E-state index contributed by atoms with van der Waals surface area (Å²) in [5, 5.41) is 2.90. The summed E-state index contributed by atoms with van der Waals surface area (Å²) in [6.45, 7) is 0.474. The van der Waals surface area contributed by atoms with Crippen LogP contribution in [0.4, 0.5) is 0 Å². The molecule has 1 amide bonds. The molecule has 0 radical (unpaired) electrons. The molecule has 23 heavy (non-hydrogen) atoms. The van der Waals surface area contributed by atoms with Crippen LogP contribution in [0.3, 0.4) is 0 Å². The molecule has 0 fully saturated rings. The second kappa shape index (κ2) is 8.08. The zero-order chi connectivity index (χ0) is 16.7. The van der Waals surface area contributed by atoms with E-state index in [1.807, 2.05) is 36.4 Å². The number of hydrogen-bond acceptors (Lipinski definition) is 4. The van der Waals surface area contributed by atoms with Crippen LogP contribution in [0.25, 0.3) is 0 Å². The van der Waals surface area contributed by atoms with E-state index >= 15 is 0 Å². The van der Waals surface area contributed by atoms with Crippen molar-refractivity contribution in [3.63, 3.8) is 0 Å². The summed E-state index contributed by atoms with van der Waals surface area (Å²) >= 11 is 0. The van der Waals surface area contributed by atoms with Crippen molar-refractivity contribution < 1.29 is 19.0 Å². The molecule has 0 bridgehead atoms. The van der Waals surface area contributed by atoms with Crippen molar-refractivity contribution >= 4 is 5.91 Å². The lowest BCUT2D eigenvalue weighted by Gasteiger charge is -2.11. The summed E-state index contributed by atoms with van der Waals surface area (Å²) in [6.07, 6.45) is 0.253. The lowest BCUT2D eigenvalue weighted by molar-refractivity contribution is -0.120. The van der Waals surface area contributed by atoms with Gasteiger partial charge in [0.05, 0.1) is 27.8 Å². The van der Waals surface area contributed by atoms with Crippen LogP contribution in [0.15, 0.2) is 42.5 Å². The fraction of sp³-hybridized carbons (Fsp3) is 0.278. The van der Waals surface area contributed by atoms with Gasteiger partial charge in [-0.25, -0.2) is 0 Å². The molecule has 2 rings (SSSR count). The van der Waals surface area contributed by atoms with Crippen LogP contribution in [0.1, 0.15) is 11.1 Å². The van der Waals surface area contributed by atoms with Crippen LogP contribution in [0, 0.1) is 0 Å². The van der Waals surface area contributed by atoms with Crippen molar-refractivity contribution in [1.29, 1.82) is 0 Å². The molecule has 2 aromatic carbocycles. The van der Waals surface area contributed by atoms with Gasteiger partial charge in [0.15, 0.2) is 0 Å². The molecule has 5 nitrogen and oxygen atoms in total. The van der Waals surface area contributed by atoms with E-state index in [1.54, 1.807) is 27.4 Å².